The minimum Gasteiger partial charge on any atom is -0.395 e. The molecule has 0 radical (unpaired) electrons. The number of fused-ring (bicyclic) bond motifs is 1. The Bertz CT molecular complexity index is 636. The van der Waals surface area contributed by atoms with Crippen molar-refractivity contribution < 1.29 is 23.0 Å². The van der Waals surface area contributed by atoms with Gasteiger partial charge in [-0.3, -0.25) is 4.79 Å². The number of carbonyl (C=O) groups excluding carboxylic acids is 1. The molecule has 5 nitrogen and oxygen atoms in total. The number of benzene rings is 1. The van der Waals surface area contributed by atoms with E-state index in [1.807, 2.05) is 0 Å². The van der Waals surface area contributed by atoms with E-state index in [4.69, 9.17) is 12.2 Å². The van der Waals surface area contributed by atoms with E-state index in [9.17, 15) is 13.6 Å². The maximum absolute atomic E-state index is 12.9. The molecule has 0 saturated carbocycles. The molecule has 0 spiro atoms. The van der Waals surface area contributed by atoms with Crippen molar-refractivity contribution in [3.05, 3.63) is 18.2 Å². The van der Waals surface area contributed by atoms with Crippen molar-refractivity contribution >= 4 is 39.9 Å². The summed E-state index contributed by atoms with van der Waals surface area (Å²) in [5, 5.41) is 2.63. The number of rotatable bonds is 3. The van der Waals surface area contributed by atoms with Crippen molar-refractivity contribution in [2.45, 2.75) is 19.1 Å². The van der Waals surface area contributed by atoms with Crippen molar-refractivity contribution in [3.63, 3.8) is 0 Å². The minimum atomic E-state index is -3.66. The molecule has 1 fully saturated rings. The van der Waals surface area contributed by atoms with Crippen LogP contribution in [0.2, 0.25) is 0 Å². The number of anilines is 1. The molecule has 0 atom stereocenters. The van der Waals surface area contributed by atoms with Crippen molar-refractivity contribution in [2.24, 2.45) is 0 Å². The molecule has 2 heterocycles. The first kappa shape index (κ1) is 16.3. The third kappa shape index (κ3) is 4.03. The molecule has 1 saturated heterocycles. The molecule has 1 amide bonds. The molecule has 0 aromatic heterocycles. The smallest absolute Gasteiger partial charge is 0.395 e. The molecule has 2 aliphatic rings. The fourth-order valence-electron chi connectivity index (χ4n) is 2.34. The van der Waals surface area contributed by atoms with Gasteiger partial charge in [0.1, 0.15) is 4.32 Å². The van der Waals surface area contributed by atoms with Crippen LogP contribution in [-0.2, 0) is 4.79 Å². The molecular formula is C14H14F2N2O3S2. The van der Waals surface area contributed by atoms with E-state index in [-0.39, 0.29) is 23.2 Å². The Morgan fingerprint density at radius 1 is 1.30 bits per heavy atom. The number of likely N-dealkylation sites (tertiary alicyclic amines) is 1. The molecule has 3 rings (SSSR count). The Hall–Kier alpha value is -1.61. The van der Waals surface area contributed by atoms with Gasteiger partial charge in [0, 0.05) is 24.8 Å². The standard InChI is InChI=1S/C14H14F2N2O3S2/c15-14(16)20-10-4-3-9(7-11(10)21-14)17-12(19)8-23-13(22)18-5-1-2-6-18/h3-4,7H,1-2,5-6,8H2,(H,17,19). The van der Waals surface area contributed by atoms with Gasteiger partial charge < -0.3 is 19.7 Å². The van der Waals surface area contributed by atoms with Crippen molar-refractivity contribution in [1.82, 2.24) is 4.90 Å². The number of thiocarbonyl (C=S) groups is 1. The first-order valence-electron chi connectivity index (χ1n) is 7.04. The van der Waals surface area contributed by atoms with E-state index in [2.05, 4.69) is 19.7 Å². The largest absolute Gasteiger partial charge is 0.586 e. The average molecular weight is 360 g/mol. The van der Waals surface area contributed by atoms with Gasteiger partial charge in [-0.1, -0.05) is 24.0 Å². The summed E-state index contributed by atoms with van der Waals surface area (Å²) >= 11 is 6.57. The van der Waals surface area contributed by atoms with Gasteiger partial charge in [-0.05, 0) is 25.0 Å². The summed E-state index contributed by atoms with van der Waals surface area (Å²) in [6.07, 6.45) is -1.42. The lowest BCUT2D eigenvalue weighted by Gasteiger charge is -2.17. The first-order chi connectivity index (χ1) is 10.9. The second kappa shape index (κ2) is 6.48. The molecule has 1 aromatic rings. The van der Waals surface area contributed by atoms with Gasteiger partial charge in [0.25, 0.3) is 0 Å². The quantitative estimate of drug-likeness (QED) is 0.836. The van der Waals surface area contributed by atoms with Crippen LogP contribution in [0.25, 0.3) is 0 Å². The van der Waals surface area contributed by atoms with E-state index >= 15 is 0 Å². The van der Waals surface area contributed by atoms with Crippen molar-refractivity contribution in [2.75, 3.05) is 24.2 Å². The molecule has 0 aliphatic carbocycles. The molecule has 1 N–H and O–H groups in total. The van der Waals surface area contributed by atoms with Gasteiger partial charge >= 0.3 is 6.29 Å². The van der Waals surface area contributed by atoms with Crippen molar-refractivity contribution in [3.8, 4) is 11.5 Å². The van der Waals surface area contributed by atoms with E-state index in [0.29, 0.717) is 10.0 Å². The Morgan fingerprint density at radius 3 is 2.74 bits per heavy atom. The van der Waals surface area contributed by atoms with Crippen LogP contribution in [0, 0.1) is 0 Å². The minimum absolute atomic E-state index is 0.0578. The maximum Gasteiger partial charge on any atom is 0.586 e. The normalized spacial score (nSPS) is 18.1. The number of nitrogens with zero attached hydrogens (tertiary/aromatic N) is 1. The number of alkyl halides is 2. The highest BCUT2D eigenvalue weighted by atomic mass is 32.2. The summed E-state index contributed by atoms with van der Waals surface area (Å²) in [6.45, 7) is 1.87. The number of amides is 1. The highest BCUT2D eigenvalue weighted by molar-refractivity contribution is 8.23. The maximum atomic E-state index is 12.9. The lowest BCUT2D eigenvalue weighted by molar-refractivity contribution is -0.286. The summed E-state index contributed by atoms with van der Waals surface area (Å²) < 4.78 is 35.2. The Morgan fingerprint density at radius 2 is 2.00 bits per heavy atom. The number of hydrogen-bond donors (Lipinski definition) is 1. The third-order valence-electron chi connectivity index (χ3n) is 3.38. The zero-order chi connectivity index (χ0) is 16.4. The molecular weight excluding hydrogens is 346 g/mol. The summed E-state index contributed by atoms with van der Waals surface area (Å²) in [5.74, 6) is -0.257. The van der Waals surface area contributed by atoms with Gasteiger partial charge in [-0.2, -0.15) is 0 Å². The Balaban J connectivity index is 1.51. The van der Waals surface area contributed by atoms with Crippen LogP contribution in [0.4, 0.5) is 14.5 Å². The van der Waals surface area contributed by atoms with Crippen LogP contribution >= 0.6 is 24.0 Å². The molecule has 0 unspecified atom stereocenters. The number of ether oxygens (including phenoxy) is 2. The van der Waals surface area contributed by atoms with Crippen LogP contribution in [0.5, 0.6) is 11.5 Å². The number of carbonyl (C=O) groups is 1. The highest BCUT2D eigenvalue weighted by Crippen LogP contribution is 2.42. The third-order valence-corrected chi connectivity index (χ3v) is 4.90. The highest BCUT2D eigenvalue weighted by Gasteiger charge is 2.43. The number of nitrogens with one attached hydrogen (secondary N) is 1. The van der Waals surface area contributed by atoms with Gasteiger partial charge in [0.15, 0.2) is 11.5 Å². The molecule has 9 heteroatoms. The van der Waals surface area contributed by atoms with E-state index < -0.39 is 6.29 Å². The fourth-order valence-corrected chi connectivity index (χ4v) is 3.39. The van der Waals surface area contributed by atoms with Crippen molar-refractivity contribution in [1.29, 1.82) is 0 Å². The van der Waals surface area contributed by atoms with Gasteiger partial charge in [-0.15, -0.1) is 8.78 Å². The topological polar surface area (TPSA) is 50.8 Å². The summed E-state index contributed by atoms with van der Waals surface area (Å²) in [6, 6.07) is 4.11. The van der Waals surface area contributed by atoms with Crippen LogP contribution in [0.3, 0.4) is 0 Å². The molecule has 23 heavy (non-hydrogen) atoms. The number of hydrogen-bond acceptors (Lipinski definition) is 5. The van der Waals surface area contributed by atoms with Crippen LogP contribution in [0.1, 0.15) is 12.8 Å². The Kier molecular flexibility index (Phi) is 4.58. The SMILES string of the molecule is O=C(CSC(=S)N1CCCC1)Nc1ccc2c(c1)OC(F)(F)O2. The number of thioether (sulfide) groups is 1. The average Bonchev–Trinajstić information content (AvgIpc) is 3.10. The monoisotopic (exact) mass is 360 g/mol. The van der Waals surface area contributed by atoms with Gasteiger partial charge in [0.2, 0.25) is 5.91 Å². The second-order valence-corrected chi connectivity index (χ2v) is 6.74. The van der Waals surface area contributed by atoms with Crippen LogP contribution in [0.15, 0.2) is 18.2 Å². The predicted octanol–water partition coefficient (Wildman–Crippen LogP) is 3.06. The van der Waals surface area contributed by atoms with E-state index in [1.54, 1.807) is 0 Å². The number of halogens is 2. The lowest BCUT2D eigenvalue weighted by atomic mass is 10.3. The molecule has 0 bridgehead atoms. The summed E-state index contributed by atoms with van der Waals surface area (Å²) in [5.41, 5.74) is 0.364. The van der Waals surface area contributed by atoms with E-state index in [1.165, 1.54) is 30.0 Å². The molecule has 1 aromatic carbocycles. The van der Waals surface area contributed by atoms with Crippen LogP contribution < -0.4 is 14.8 Å². The summed E-state index contributed by atoms with van der Waals surface area (Å²) in [4.78, 5) is 14.0. The second-order valence-electron chi connectivity index (χ2n) is 5.13. The molecule has 2 aliphatic heterocycles. The van der Waals surface area contributed by atoms with E-state index in [0.717, 1.165) is 25.9 Å². The predicted molar refractivity (Wildman–Crippen MR) is 87.1 cm³/mol. The fraction of sp³-hybridized carbons (Fsp3) is 0.429. The molecule has 124 valence electrons. The Labute approximate surface area is 141 Å². The first-order valence-corrected chi connectivity index (χ1v) is 8.44. The zero-order valence-electron chi connectivity index (χ0n) is 12.0. The van der Waals surface area contributed by atoms with Gasteiger partial charge in [0.05, 0.1) is 5.75 Å². The summed E-state index contributed by atoms with van der Waals surface area (Å²) in [7, 11) is 0. The van der Waals surface area contributed by atoms with Gasteiger partial charge in [-0.25, -0.2) is 0 Å². The zero-order valence-corrected chi connectivity index (χ0v) is 13.6. The van der Waals surface area contributed by atoms with Crippen LogP contribution in [-0.4, -0.2) is 40.3 Å². The lowest BCUT2D eigenvalue weighted by Crippen LogP contribution is -2.26.